The van der Waals surface area contributed by atoms with Gasteiger partial charge in [0.05, 0.1) is 0 Å². The standard InChI is InChI=1S/C7H13NO.C2H6/c1-7(9)5-4-6-8(2)3;1-2/h4-5H,6H2,1-3H3;1-2H3/b5-4-;. The van der Waals surface area contributed by atoms with E-state index in [4.69, 9.17) is 0 Å². The molecule has 0 fully saturated rings. The smallest absolute Gasteiger partial charge is 0.152 e. The molecule has 0 amide bonds. The predicted molar refractivity (Wildman–Crippen MR) is 49.7 cm³/mol. The van der Waals surface area contributed by atoms with Gasteiger partial charge in [-0.1, -0.05) is 19.9 Å². The van der Waals surface area contributed by atoms with Crippen molar-refractivity contribution in [2.75, 3.05) is 20.6 Å². The number of rotatable bonds is 3. The van der Waals surface area contributed by atoms with E-state index in [0.29, 0.717) is 0 Å². The van der Waals surface area contributed by atoms with Crippen molar-refractivity contribution in [2.45, 2.75) is 20.8 Å². The van der Waals surface area contributed by atoms with Gasteiger partial charge in [0, 0.05) is 6.54 Å². The minimum atomic E-state index is 0.108. The van der Waals surface area contributed by atoms with Crippen molar-refractivity contribution in [3.8, 4) is 0 Å². The van der Waals surface area contributed by atoms with Crippen LogP contribution in [0.25, 0.3) is 0 Å². The van der Waals surface area contributed by atoms with Gasteiger partial charge < -0.3 is 4.90 Å². The highest BCUT2D eigenvalue weighted by Crippen LogP contribution is 1.77. The second-order valence-corrected chi connectivity index (χ2v) is 2.28. The predicted octanol–water partition coefficient (Wildman–Crippen LogP) is 1.72. The van der Waals surface area contributed by atoms with Crippen molar-refractivity contribution in [1.29, 1.82) is 0 Å². The lowest BCUT2D eigenvalue weighted by Gasteiger charge is -2.02. The number of carbonyl (C=O) groups excluding carboxylic acids is 1. The second-order valence-electron chi connectivity index (χ2n) is 2.28. The summed E-state index contributed by atoms with van der Waals surface area (Å²) in [5.41, 5.74) is 0. The van der Waals surface area contributed by atoms with Gasteiger partial charge >= 0.3 is 0 Å². The first-order valence-corrected chi connectivity index (χ1v) is 3.95. The fourth-order valence-corrected chi connectivity index (χ4v) is 0.429. The zero-order valence-corrected chi connectivity index (χ0v) is 8.22. The average molecular weight is 157 g/mol. The fourth-order valence-electron chi connectivity index (χ4n) is 0.429. The first-order valence-electron chi connectivity index (χ1n) is 3.95. The third kappa shape index (κ3) is 17.6. The zero-order valence-electron chi connectivity index (χ0n) is 8.22. The first kappa shape index (κ1) is 13.0. The Balaban J connectivity index is 0. The van der Waals surface area contributed by atoms with Gasteiger partial charge in [0.15, 0.2) is 5.78 Å². The minimum Gasteiger partial charge on any atom is -0.306 e. The van der Waals surface area contributed by atoms with Crippen molar-refractivity contribution in [1.82, 2.24) is 4.90 Å². The van der Waals surface area contributed by atoms with Gasteiger partial charge in [0.1, 0.15) is 0 Å². The van der Waals surface area contributed by atoms with Crippen LogP contribution in [0, 0.1) is 0 Å². The maximum atomic E-state index is 10.3. The van der Waals surface area contributed by atoms with E-state index < -0.39 is 0 Å². The zero-order chi connectivity index (χ0) is 9.28. The number of nitrogens with zero attached hydrogens (tertiary/aromatic N) is 1. The Kier molecular flexibility index (Phi) is 11.1. The van der Waals surface area contributed by atoms with Crippen LogP contribution in [0.4, 0.5) is 0 Å². The third-order valence-electron chi connectivity index (χ3n) is 0.823. The van der Waals surface area contributed by atoms with Crippen molar-refractivity contribution >= 4 is 5.78 Å². The topological polar surface area (TPSA) is 20.3 Å². The third-order valence-corrected chi connectivity index (χ3v) is 0.823. The van der Waals surface area contributed by atoms with Crippen molar-refractivity contribution in [3.63, 3.8) is 0 Å². The van der Waals surface area contributed by atoms with E-state index in [0.717, 1.165) is 6.54 Å². The van der Waals surface area contributed by atoms with Gasteiger partial charge in [-0.15, -0.1) is 0 Å². The van der Waals surface area contributed by atoms with Crippen molar-refractivity contribution < 1.29 is 4.79 Å². The Morgan fingerprint density at radius 2 is 1.82 bits per heavy atom. The quantitative estimate of drug-likeness (QED) is 0.581. The molecule has 0 aliphatic rings. The lowest BCUT2D eigenvalue weighted by atomic mass is 10.4. The van der Waals surface area contributed by atoms with Crippen molar-refractivity contribution in [3.05, 3.63) is 12.2 Å². The summed E-state index contributed by atoms with van der Waals surface area (Å²) in [6, 6.07) is 0. The molecule has 0 unspecified atom stereocenters. The van der Waals surface area contributed by atoms with Gasteiger partial charge in [-0.25, -0.2) is 0 Å². The second kappa shape index (κ2) is 9.37. The van der Waals surface area contributed by atoms with Crippen LogP contribution in [0.5, 0.6) is 0 Å². The van der Waals surface area contributed by atoms with Crippen LogP contribution in [-0.4, -0.2) is 31.3 Å². The molecule has 0 bridgehead atoms. The first-order chi connectivity index (χ1) is 5.13. The number of likely N-dealkylation sites (N-methyl/N-ethyl adjacent to an activating group) is 1. The summed E-state index contributed by atoms with van der Waals surface area (Å²) in [5.74, 6) is 0.108. The van der Waals surface area contributed by atoms with Crippen LogP contribution in [0.15, 0.2) is 12.2 Å². The molecule has 0 radical (unpaired) electrons. The molecule has 0 aromatic rings. The fraction of sp³-hybridized carbons (Fsp3) is 0.667. The minimum absolute atomic E-state index is 0.108. The SMILES string of the molecule is CC.CC(=O)/C=C\CN(C)C. The maximum absolute atomic E-state index is 10.3. The van der Waals surface area contributed by atoms with Crippen LogP contribution in [0.2, 0.25) is 0 Å². The normalized spacial score (nSPS) is 9.64. The largest absolute Gasteiger partial charge is 0.306 e. The summed E-state index contributed by atoms with van der Waals surface area (Å²) in [5, 5.41) is 0. The number of ketones is 1. The highest BCUT2D eigenvalue weighted by atomic mass is 16.1. The number of allylic oxidation sites excluding steroid dienone is 1. The lowest BCUT2D eigenvalue weighted by molar-refractivity contribution is -0.112. The number of hydrogen-bond donors (Lipinski definition) is 0. The molecule has 0 spiro atoms. The molecular weight excluding hydrogens is 138 g/mol. The molecule has 2 heteroatoms. The molecule has 0 N–H and O–H groups in total. The summed E-state index contributed by atoms with van der Waals surface area (Å²) in [6.45, 7) is 6.38. The number of hydrogen-bond acceptors (Lipinski definition) is 2. The Morgan fingerprint density at radius 1 is 1.36 bits per heavy atom. The molecule has 11 heavy (non-hydrogen) atoms. The summed E-state index contributed by atoms with van der Waals surface area (Å²) in [6.07, 6.45) is 3.43. The van der Waals surface area contributed by atoms with Gasteiger partial charge in [-0.2, -0.15) is 0 Å². The van der Waals surface area contributed by atoms with E-state index in [-0.39, 0.29) is 5.78 Å². The maximum Gasteiger partial charge on any atom is 0.152 e. The molecule has 0 saturated carbocycles. The highest BCUT2D eigenvalue weighted by molar-refractivity contribution is 5.87. The Morgan fingerprint density at radius 3 is 2.09 bits per heavy atom. The van der Waals surface area contributed by atoms with Crippen LogP contribution in [-0.2, 0) is 4.79 Å². The lowest BCUT2D eigenvalue weighted by Crippen LogP contribution is -2.10. The van der Waals surface area contributed by atoms with Gasteiger partial charge in [0.2, 0.25) is 0 Å². The van der Waals surface area contributed by atoms with Crippen LogP contribution in [0.1, 0.15) is 20.8 Å². The molecule has 2 nitrogen and oxygen atoms in total. The van der Waals surface area contributed by atoms with E-state index in [2.05, 4.69) is 0 Å². The van der Waals surface area contributed by atoms with E-state index in [1.165, 1.54) is 0 Å². The Bertz CT molecular complexity index is 117. The van der Waals surface area contributed by atoms with Crippen molar-refractivity contribution in [2.24, 2.45) is 0 Å². The molecule has 0 aliphatic carbocycles. The summed E-state index contributed by atoms with van der Waals surface area (Å²) in [7, 11) is 3.93. The molecular formula is C9H19NO. The molecule has 0 saturated heterocycles. The van der Waals surface area contributed by atoms with Crippen LogP contribution < -0.4 is 0 Å². The Hall–Kier alpha value is -0.630. The molecule has 0 aromatic heterocycles. The molecule has 0 atom stereocenters. The van der Waals surface area contributed by atoms with Gasteiger partial charge in [0.25, 0.3) is 0 Å². The summed E-state index contributed by atoms with van der Waals surface area (Å²) < 4.78 is 0. The van der Waals surface area contributed by atoms with E-state index >= 15 is 0 Å². The Labute approximate surface area is 69.9 Å². The van der Waals surface area contributed by atoms with Crippen LogP contribution in [0.3, 0.4) is 0 Å². The molecule has 0 rings (SSSR count). The monoisotopic (exact) mass is 157 g/mol. The van der Waals surface area contributed by atoms with Crippen LogP contribution >= 0.6 is 0 Å². The average Bonchev–Trinajstić information content (AvgIpc) is 1.90. The summed E-state index contributed by atoms with van der Waals surface area (Å²) in [4.78, 5) is 12.3. The summed E-state index contributed by atoms with van der Waals surface area (Å²) >= 11 is 0. The molecule has 0 heterocycles. The van der Waals surface area contributed by atoms with E-state index in [9.17, 15) is 4.79 Å². The van der Waals surface area contributed by atoms with E-state index in [1.54, 1.807) is 13.0 Å². The van der Waals surface area contributed by atoms with Gasteiger partial charge in [-0.3, -0.25) is 4.79 Å². The number of carbonyl (C=O) groups is 1. The van der Waals surface area contributed by atoms with E-state index in [1.807, 2.05) is 38.9 Å². The molecule has 66 valence electrons. The highest BCUT2D eigenvalue weighted by Gasteiger charge is 1.83. The molecule has 0 aliphatic heterocycles. The van der Waals surface area contributed by atoms with Gasteiger partial charge in [-0.05, 0) is 27.1 Å². The molecule has 0 aromatic carbocycles.